The van der Waals surface area contributed by atoms with Gasteiger partial charge in [0, 0.05) is 18.5 Å². The van der Waals surface area contributed by atoms with Gasteiger partial charge in [0.15, 0.2) is 0 Å². The molecule has 8 heteroatoms. The van der Waals surface area contributed by atoms with Gasteiger partial charge >= 0.3 is 0 Å². The molecule has 1 atom stereocenters. The monoisotopic (exact) mass is 265 g/mol. The average molecular weight is 265 g/mol. The normalized spacial score (nSPS) is 19.8. The molecule has 1 unspecified atom stereocenters. The maximum Gasteiger partial charge on any atom is 0.237 e. The van der Waals surface area contributed by atoms with Crippen molar-refractivity contribution in [2.75, 3.05) is 13.1 Å². The first-order valence-electron chi connectivity index (χ1n) is 5.55. The SMILES string of the molecule is O=C1NCCNC1Cc1nc(-c2cscn2)no1. The van der Waals surface area contributed by atoms with E-state index in [-0.39, 0.29) is 11.9 Å². The zero-order valence-electron chi connectivity index (χ0n) is 9.42. The summed E-state index contributed by atoms with van der Waals surface area (Å²) in [4.78, 5) is 19.9. The van der Waals surface area contributed by atoms with Crippen LogP contribution in [0.4, 0.5) is 0 Å². The predicted molar refractivity (Wildman–Crippen MR) is 63.9 cm³/mol. The Morgan fingerprint density at radius 2 is 2.44 bits per heavy atom. The van der Waals surface area contributed by atoms with Crippen molar-refractivity contribution < 1.29 is 9.32 Å². The van der Waals surface area contributed by atoms with E-state index in [0.29, 0.717) is 30.4 Å². The van der Waals surface area contributed by atoms with Crippen LogP contribution in [0.1, 0.15) is 5.89 Å². The molecule has 2 N–H and O–H groups in total. The number of nitrogens with zero attached hydrogens (tertiary/aromatic N) is 3. The Morgan fingerprint density at radius 1 is 1.50 bits per heavy atom. The fourth-order valence-corrected chi connectivity index (χ4v) is 2.28. The highest BCUT2D eigenvalue weighted by atomic mass is 32.1. The lowest BCUT2D eigenvalue weighted by Crippen LogP contribution is -2.53. The van der Waals surface area contributed by atoms with Crippen LogP contribution in [0.5, 0.6) is 0 Å². The highest BCUT2D eigenvalue weighted by molar-refractivity contribution is 7.07. The van der Waals surface area contributed by atoms with Crippen LogP contribution in [-0.2, 0) is 11.2 Å². The summed E-state index contributed by atoms with van der Waals surface area (Å²) in [6.07, 6.45) is 0.392. The molecule has 0 saturated carbocycles. The van der Waals surface area contributed by atoms with E-state index >= 15 is 0 Å². The lowest BCUT2D eigenvalue weighted by atomic mass is 10.1. The molecule has 2 aromatic heterocycles. The van der Waals surface area contributed by atoms with Crippen LogP contribution in [0.15, 0.2) is 15.4 Å². The molecule has 1 fully saturated rings. The van der Waals surface area contributed by atoms with Crippen molar-refractivity contribution in [3.63, 3.8) is 0 Å². The molecule has 1 amide bonds. The van der Waals surface area contributed by atoms with Gasteiger partial charge in [-0.05, 0) is 0 Å². The van der Waals surface area contributed by atoms with Gasteiger partial charge in [0.05, 0.1) is 18.0 Å². The van der Waals surface area contributed by atoms with E-state index in [9.17, 15) is 4.79 Å². The number of piperazine rings is 1. The minimum absolute atomic E-state index is 0.0327. The van der Waals surface area contributed by atoms with Crippen LogP contribution >= 0.6 is 11.3 Å². The number of carbonyl (C=O) groups is 1. The van der Waals surface area contributed by atoms with Crippen molar-refractivity contribution in [2.45, 2.75) is 12.5 Å². The molecule has 1 aliphatic heterocycles. The van der Waals surface area contributed by atoms with Gasteiger partial charge in [0.25, 0.3) is 0 Å². The minimum atomic E-state index is -0.303. The number of carbonyl (C=O) groups excluding carboxylic acids is 1. The van der Waals surface area contributed by atoms with Gasteiger partial charge in [-0.3, -0.25) is 4.79 Å². The first kappa shape index (κ1) is 11.3. The number of amides is 1. The number of hydrogen-bond acceptors (Lipinski definition) is 7. The van der Waals surface area contributed by atoms with Crippen molar-refractivity contribution >= 4 is 17.2 Å². The standard InChI is InChI=1S/C10H11N5O2S/c16-10-6(11-1-2-12-10)3-8-14-9(15-17-8)7-4-18-5-13-7/h4-6,11H,1-3H2,(H,12,16). The molecule has 2 aromatic rings. The Kier molecular flexibility index (Phi) is 3.03. The quantitative estimate of drug-likeness (QED) is 0.800. The molecule has 94 valence electrons. The Bertz CT molecular complexity index is 538. The van der Waals surface area contributed by atoms with E-state index in [1.165, 1.54) is 11.3 Å². The van der Waals surface area contributed by atoms with E-state index < -0.39 is 0 Å². The van der Waals surface area contributed by atoms with Gasteiger partial charge in [-0.2, -0.15) is 4.98 Å². The second-order valence-corrected chi connectivity index (χ2v) is 4.61. The number of hydrogen-bond donors (Lipinski definition) is 2. The van der Waals surface area contributed by atoms with Crippen molar-refractivity contribution in [3.05, 3.63) is 16.8 Å². The second-order valence-electron chi connectivity index (χ2n) is 3.89. The zero-order valence-corrected chi connectivity index (χ0v) is 10.2. The summed E-state index contributed by atoms with van der Waals surface area (Å²) in [6, 6.07) is -0.303. The van der Waals surface area contributed by atoms with Crippen LogP contribution in [0.2, 0.25) is 0 Å². The molecule has 18 heavy (non-hydrogen) atoms. The van der Waals surface area contributed by atoms with Gasteiger partial charge in [-0.1, -0.05) is 5.16 Å². The number of rotatable bonds is 3. The molecular formula is C10H11N5O2S. The predicted octanol–water partition coefficient (Wildman–Crippen LogP) is -0.176. The highest BCUT2D eigenvalue weighted by Crippen LogP contribution is 2.15. The lowest BCUT2D eigenvalue weighted by molar-refractivity contribution is -0.124. The molecular weight excluding hydrogens is 254 g/mol. The van der Waals surface area contributed by atoms with Crippen molar-refractivity contribution in [1.29, 1.82) is 0 Å². The maximum atomic E-state index is 11.6. The van der Waals surface area contributed by atoms with Gasteiger partial charge in [-0.15, -0.1) is 11.3 Å². The Labute approximate surface area is 107 Å². The molecule has 0 aromatic carbocycles. The summed E-state index contributed by atoms with van der Waals surface area (Å²) >= 11 is 1.47. The summed E-state index contributed by atoms with van der Waals surface area (Å²) in [7, 11) is 0. The van der Waals surface area contributed by atoms with Crippen LogP contribution in [0, 0.1) is 0 Å². The molecule has 0 aliphatic carbocycles. The van der Waals surface area contributed by atoms with E-state index in [1.807, 2.05) is 5.38 Å². The maximum absolute atomic E-state index is 11.6. The van der Waals surface area contributed by atoms with Gasteiger partial charge in [0.2, 0.25) is 17.6 Å². The van der Waals surface area contributed by atoms with Crippen LogP contribution in [0.25, 0.3) is 11.5 Å². The Morgan fingerprint density at radius 3 is 3.22 bits per heavy atom. The number of thiazole rings is 1. The molecule has 3 rings (SSSR count). The van der Waals surface area contributed by atoms with Crippen molar-refractivity contribution in [3.8, 4) is 11.5 Å². The van der Waals surface area contributed by atoms with E-state index in [0.717, 1.165) is 6.54 Å². The fraction of sp³-hybridized carbons (Fsp3) is 0.400. The van der Waals surface area contributed by atoms with Crippen LogP contribution < -0.4 is 10.6 Å². The van der Waals surface area contributed by atoms with E-state index in [2.05, 4.69) is 25.8 Å². The summed E-state index contributed by atoms with van der Waals surface area (Å²) in [5.74, 6) is 0.865. The third-order valence-corrected chi connectivity index (χ3v) is 3.23. The molecule has 0 radical (unpaired) electrons. The lowest BCUT2D eigenvalue weighted by Gasteiger charge is -2.21. The topological polar surface area (TPSA) is 92.9 Å². The van der Waals surface area contributed by atoms with Crippen molar-refractivity contribution in [1.82, 2.24) is 25.8 Å². The zero-order chi connectivity index (χ0) is 12.4. The Balaban J connectivity index is 1.72. The van der Waals surface area contributed by atoms with Crippen LogP contribution in [-0.4, -0.2) is 40.2 Å². The molecule has 0 spiro atoms. The third kappa shape index (κ3) is 2.24. The largest absolute Gasteiger partial charge is 0.353 e. The van der Waals surface area contributed by atoms with Gasteiger partial charge < -0.3 is 15.2 Å². The van der Waals surface area contributed by atoms with Gasteiger partial charge in [-0.25, -0.2) is 4.98 Å². The third-order valence-electron chi connectivity index (χ3n) is 2.64. The molecule has 1 aliphatic rings. The summed E-state index contributed by atoms with van der Waals surface area (Å²) in [5.41, 5.74) is 2.40. The first-order chi connectivity index (χ1) is 8.83. The van der Waals surface area contributed by atoms with Gasteiger partial charge in [0.1, 0.15) is 5.69 Å². The Hall–Kier alpha value is -1.80. The molecule has 1 saturated heterocycles. The second kappa shape index (κ2) is 4.83. The smallest absolute Gasteiger partial charge is 0.237 e. The minimum Gasteiger partial charge on any atom is -0.353 e. The molecule has 3 heterocycles. The molecule has 7 nitrogen and oxygen atoms in total. The highest BCUT2D eigenvalue weighted by Gasteiger charge is 2.24. The number of nitrogens with one attached hydrogen (secondary N) is 2. The van der Waals surface area contributed by atoms with Crippen molar-refractivity contribution in [2.24, 2.45) is 0 Å². The average Bonchev–Trinajstić information content (AvgIpc) is 3.02. The molecule has 0 bridgehead atoms. The van der Waals surface area contributed by atoms with Crippen LogP contribution in [0.3, 0.4) is 0 Å². The number of aromatic nitrogens is 3. The summed E-state index contributed by atoms with van der Waals surface area (Å²) < 4.78 is 5.12. The summed E-state index contributed by atoms with van der Waals surface area (Å²) in [5, 5.41) is 11.6. The fourth-order valence-electron chi connectivity index (χ4n) is 1.75. The summed E-state index contributed by atoms with van der Waals surface area (Å²) in [6.45, 7) is 1.41. The van der Waals surface area contributed by atoms with E-state index in [4.69, 9.17) is 4.52 Å². The first-order valence-corrected chi connectivity index (χ1v) is 6.49. The van der Waals surface area contributed by atoms with E-state index in [1.54, 1.807) is 5.51 Å².